The van der Waals surface area contributed by atoms with Gasteiger partial charge >= 0.3 is 0 Å². The lowest BCUT2D eigenvalue weighted by molar-refractivity contribution is 0.0925. The molecule has 0 radical (unpaired) electrons. The third-order valence-corrected chi connectivity index (χ3v) is 7.40. The number of nitrogens with zero attached hydrogens (tertiary/aromatic N) is 3. The maximum atomic E-state index is 13.2. The van der Waals surface area contributed by atoms with Gasteiger partial charge in [0.25, 0.3) is 15.9 Å². The predicted molar refractivity (Wildman–Crippen MR) is 121 cm³/mol. The van der Waals surface area contributed by atoms with Crippen LogP contribution in [0, 0.1) is 13.8 Å². The Balaban J connectivity index is 1.64. The molecule has 1 unspecified atom stereocenters. The van der Waals surface area contributed by atoms with Crippen molar-refractivity contribution in [2.24, 2.45) is 7.05 Å². The van der Waals surface area contributed by atoms with Crippen LogP contribution in [0.2, 0.25) is 0 Å². The highest BCUT2D eigenvalue weighted by Crippen LogP contribution is 2.33. The fourth-order valence-electron chi connectivity index (χ4n) is 3.85. The van der Waals surface area contributed by atoms with Crippen LogP contribution < -0.4 is 14.4 Å². The molecule has 0 spiro atoms. The Kier molecular flexibility index (Phi) is 5.68. The van der Waals surface area contributed by atoms with Crippen LogP contribution in [0.25, 0.3) is 0 Å². The molecule has 2 aromatic carbocycles. The molecule has 8 nitrogen and oxygen atoms in total. The van der Waals surface area contributed by atoms with E-state index in [2.05, 4.69) is 10.4 Å². The second-order valence-corrected chi connectivity index (χ2v) is 9.96. The Hall–Kier alpha value is -3.33. The normalized spacial score (nSPS) is 15.6. The van der Waals surface area contributed by atoms with Crippen molar-refractivity contribution in [3.8, 4) is 5.75 Å². The minimum atomic E-state index is -3.87. The number of ether oxygens (including phenoxy) is 1. The van der Waals surface area contributed by atoms with Crippen molar-refractivity contribution < 1.29 is 17.9 Å². The molecule has 0 saturated heterocycles. The van der Waals surface area contributed by atoms with E-state index in [1.54, 1.807) is 31.3 Å². The highest BCUT2D eigenvalue weighted by molar-refractivity contribution is 7.92. The molecule has 1 atom stereocenters. The number of hydrogen-bond acceptors (Lipinski definition) is 5. The minimum Gasteiger partial charge on any atom is -0.493 e. The first kappa shape index (κ1) is 21.9. The molecule has 0 aliphatic carbocycles. The van der Waals surface area contributed by atoms with Gasteiger partial charge in [-0.15, -0.1) is 0 Å². The van der Waals surface area contributed by atoms with E-state index in [1.807, 2.05) is 32.0 Å². The lowest BCUT2D eigenvalue weighted by atomic mass is 9.98. The molecule has 2 heterocycles. The fourth-order valence-corrected chi connectivity index (χ4v) is 5.09. The summed E-state index contributed by atoms with van der Waals surface area (Å²) in [5.41, 5.74) is 3.13. The smallest absolute Gasteiger partial charge is 0.265 e. The lowest BCUT2D eigenvalue weighted by Crippen LogP contribution is -2.34. The highest BCUT2D eigenvalue weighted by atomic mass is 32.2. The van der Waals surface area contributed by atoms with E-state index in [9.17, 15) is 13.2 Å². The van der Waals surface area contributed by atoms with Crippen molar-refractivity contribution in [3.05, 3.63) is 70.9 Å². The summed E-state index contributed by atoms with van der Waals surface area (Å²) in [6.07, 6.45) is 2.01. The van der Waals surface area contributed by atoms with Crippen molar-refractivity contribution in [3.63, 3.8) is 0 Å². The number of rotatable bonds is 5. The number of aryl methyl sites for hydroxylation is 3. The Morgan fingerprint density at radius 2 is 1.84 bits per heavy atom. The van der Waals surface area contributed by atoms with Gasteiger partial charge in [0.1, 0.15) is 11.3 Å². The van der Waals surface area contributed by atoms with Gasteiger partial charge in [-0.05, 0) is 32.0 Å². The molecule has 1 N–H and O–H groups in total. The molecule has 4 rings (SSSR count). The van der Waals surface area contributed by atoms with Gasteiger partial charge in [0.2, 0.25) is 0 Å². The summed E-state index contributed by atoms with van der Waals surface area (Å²) in [5.74, 6) is 0.552. The number of aromatic nitrogens is 2. The number of sulfonamides is 1. The summed E-state index contributed by atoms with van der Waals surface area (Å²) in [4.78, 5) is 13.4. The van der Waals surface area contributed by atoms with Gasteiger partial charge in [0.15, 0.2) is 5.82 Å². The van der Waals surface area contributed by atoms with Crippen LogP contribution in [0.1, 0.15) is 39.5 Å². The van der Waals surface area contributed by atoms with Gasteiger partial charge in [0, 0.05) is 26.1 Å². The molecule has 1 amide bonds. The Morgan fingerprint density at radius 1 is 1.16 bits per heavy atom. The van der Waals surface area contributed by atoms with Crippen molar-refractivity contribution >= 4 is 21.7 Å². The third-order valence-electron chi connectivity index (χ3n) is 5.64. The number of anilines is 1. The Bertz CT molecular complexity index is 1270. The van der Waals surface area contributed by atoms with Crippen LogP contribution in [0.15, 0.2) is 53.6 Å². The zero-order chi connectivity index (χ0) is 23.0. The monoisotopic (exact) mass is 454 g/mol. The molecule has 0 fully saturated rings. The SMILES string of the molecule is Cc1ccc(S(=O)(=O)N(C)c2c(C(=O)NC3CCOc4ccc(C)cc43)cnn2C)cc1. The quantitative estimate of drug-likeness (QED) is 0.639. The summed E-state index contributed by atoms with van der Waals surface area (Å²) in [7, 11) is -0.834. The van der Waals surface area contributed by atoms with E-state index >= 15 is 0 Å². The summed E-state index contributed by atoms with van der Waals surface area (Å²) in [6.45, 7) is 4.36. The van der Waals surface area contributed by atoms with E-state index in [4.69, 9.17) is 4.74 Å². The van der Waals surface area contributed by atoms with Gasteiger partial charge in [-0.25, -0.2) is 8.42 Å². The van der Waals surface area contributed by atoms with Gasteiger partial charge < -0.3 is 10.1 Å². The number of fused-ring (bicyclic) bond motifs is 1. The average Bonchev–Trinajstić information content (AvgIpc) is 3.15. The molecule has 168 valence electrons. The summed E-state index contributed by atoms with van der Waals surface area (Å²) in [5, 5.41) is 7.19. The van der Waals surface area contributed by atoms with E-state index in [0.29, 0.717) is 13.0 Å². The maximum absolute atomic E-state index is 13.2. The zero-order valence-electron chi connectivity index (χ0n) is 18.5. The first-order chi connectivity index (χ1) is 15.2. The van der Waals surface area contributed by atoms with Crippen LogP contribution in [0.3, 0.4) is 0 Å². The molecule has 1 aliphatic heterocycles. The van der Waals surface area contributed by atoms with E-state index in [1.165, 1.54) is 17.9 Å². The molecule has 3 aromatic rings. The summed E-state index contributed by atoms with van der Waals surface area (Å²) >= 11 is 0. The molecule has 0 saturated carbocycles. The number of carbonyl (C=O) groups excluding carboxylic acids is 1. The molecule has 0 bridgehead atoms. The van der Waals surface area contributed by atoms with E-state index in [0.717, 1.165) is 26.7 Å². The molecule has 32 heavy (non-hydrogen) atoms. The first-order valence-electron chi connectivity index (χ1n) is 10.3. The highest BCUT2D eigenvalue weighted by Gasteiger charge is 2.30. The second kappa shape index (κ2) is 8.31. The number of carbonyl (C=O) groups is 1. The predicted octanol–water partition coefficient (Wildman–Crippen LogP) is 3.12. The largest absolute Gasteiger partial charge is 0.493 e. The van der Waals surface area contributed by atoms with Crippen molar-refractivity contribution in [1.82, 2.24) is 15.1 Å². The number of benzene rings is 2. The van der Waals surface area contributed by atoms with Crippen LogP contribution in [-0.2, 0) is 17.1 Å². The van der Waals surface area contributed by atoms with Crippen LogP contribution in [0.5, 0.6) is 5.75 Å². The molecule has 1 aromatic heterocycles. The maximum Gasteiger partial charge on any atom is 0.265 e. The molecular formula is C23H26N4O4S. The third kappa shape index (κ3) is 3.95. The average molecular weight is 455 g/mol. The Labute approximate surface area is 187 Å². The van der Waals surface area contributed by atoms with Crippen LogP contribution in [-0.4, -0.2) is 37.8 Å². The van der Waals surface area contributed by atoms with Crippen molar-refractivity contribution in [1.29, 1.82) is 0 Å². The minimum absolute atomic E-state index is 0.145. The van der Waals surface area contributed by atoms with Crippen molar-refractivity contribution in [2.45, 2.75) is 31.2 Å². The number of amides is 1. The van der Waals surface area contributed by atoms with Crippen molar-refractivity contribution in [2.75, 3.05) is 18.0 Å². The number of hydrogen-bond donors (Lipinski definition) is 1. The molecular weight excluding hydrogens is 428 g/mol. The van der Waals surface area contributed by atoms with Gasteiger partial charge in [0.05, 0.1) is 23.7 Å². The Morgan fingerprint density at radius 3 is 2.56 bits per heavy atom. The van der Waals surface area contributed by atoms with Crippen LogP contribution >= 0.6 is 0 Å². The fraction of sp³-hybridized carbons (Fsp3) is 0.304. The van der Waals surface area contributed by atoms with Crippen LogP contribution in [0.4, 0.5) is 5.82 Å². The molecule has 1 aliphatic rings. The summed E-state index contributed by atoms with van der Waals surface area (Å²) in [6, 6.07) is 12.2. The van der Waals surface area contributed by atoms with E-state index in [-0.39, 0.29) is 22.3 Å². The molecule has 9 heteroatoms. The summed E-state index contributed by atoms with van der Waals surface area (Å²) < 4.78 is 34.6. The van der Waals surface area contributed by atoms with E-state index < -0.39 is 15.9 Å². The second-order valence-electron chi connectivity index (χ2n) is 8.00. The number of nitrogens with one attached hydrogen (secondary N) is 1. The topological polar surface area (TPSA) is 93.5 Å². The lowest BCUT2D eigenvalue weighted by Gasteiger charge is -2.27. The standard InChI is InChI=1S/C23H26N4O4S/c1-15-5-8-17(9-6-15)32(29,30)27(4)23-19(14-24-26(23)3)22(28)25-20-11-12-31-21-10-7-16(2)13-18(20)21/h5-10,13-14,20H,11-12H2,1-4H3,(H,25,28). The zero-order valence-corrected chi connectivity index (χ0v) is 19.3. The van der Waals surface area contributed by atoms with Gasteiger partial charge in [-0.1, -0.05) is 35.4 Å². The van der Waals surface area contributed by atoms with Gasteiger partial charge in [-0.2, -0.15) is 5.10 Å². The van der Waals surface area contributed by atoms with Gasteiger partial charge in [-0.3, -0.25) is 13.8 Å². The first-order valence-corrected chi connectivity index (χ1v) is 11.7.